The summed E-state index contributed by atoms with van der Waals surface area (Å²) < 4.78 is 1.95. The molecule has 17 heavy (non-hydrogen) atoms. The first-order chi connectivity index (χ1) is 7.83. The van der Waals surface area contributed by atoms with Crippen molar-refractivity contribution >= 4 is 0 Å². The van der Waals surface area contributed by atoms with Crippen LogP contribution in [0.3, 0.4) is 0 Å². The summed E-state index contributed by atoms with van der Waals surface area (Å²) in [5.41, 5.74) is 2.17. The van der Waals surface area contributed by atoms with E-state index in [4.69, 9.17) is 5.39 Å². The molecule has 0 saturated carbocycles. The Kier molecular flexibility index (Phi) is 4.68. The average Bonchev–Trinajstić information content (AvgIpc) is 2.73. The van der Waals surface area contributed by atoms with Crippen molar-refractivity contribution in [3.63, 3.8) is 0 Å². The van der Waals surface area contributed by atoms with Gasteiger partial charge in [0, 0.05) is 13.2 Å². The molecule has 4 nitrogen and oxygen atoms in total. The number of aryl methyl sites for hydroxylation is 1. The van der Waals surface area contributed by atoms with Gasteiger partial charge in [0.2, 0.25) is 5.39 Å². The highest BCUT2D eigenvalue weighted by Gasteiger charge is 2.22. The molecule has 0 aliphatic rings. The fraction of sp³-hybridized carbons (Fsp3) is 0.250. The largest absolute Gasteiger partial charge is 1.00 e. The molecule has 0 spiro atoms. The molecular formula is C12H13ClN4. The third-order valence-corrected chi connectivity index (χ3v) is 2.68. The molecular weight excluding hydrogens is 236 g/mol. The second-order valence-corrected chi connectivity index (χ2v) is 3.72. The van der Waals surface area contributed by atoms with Gasteiger partial charge in [-0.1, -0.05) is 30.3 Å². The van der Waals surface area contributed by atoms with Crippen LogP contribution in [-0.2, 0) is 7.05 Å². The zero-order chi connectivity index (χ0) is 11.4. The SMILES string of the molecule is Cn1cncc1C(C[N+]#N)c1ccccc1.[Cl-]. The molecule has 1 aromatic heterocycles. The van der Waals surface area contributed by atoms with Crippen molar-refractivity contribution in [2.45, 2.75) is 5.92 Å². The Hall–Kier alpha value is -1.86. The lowest BCUT2D eigenvalue weighted by molar-refractivity contribution is -0.00000360. The van der Waals surface area contributed by atoms with Crippen molar-refractivity contribution in [2.24, 2.45) is 7.05 Å². The zero-order valence-electron chi connectivity index (χ0n) is 9.49. The van der Waals surface area contributed by atoms with Crippen molar-refractivity contribution in [2.75, 3.05) is 6.54 Å². The van der Waals surface area contributed by atoms with Gasteiger partial charge in [-0.3, -0.25) is 0 Å². The molecule has 0 saturated heterocycles. The van der Waals surface area contributed by atoms with Gasteiger partial charge in [0.15, 0.2) is 0 Å². The fourth-order valence-electron chi connectivity index (χ4n) is 1.84. The lowest BCUT2D eigenvalue weighted by Gasteiger charge is -2.10. The van der Waals surface area contributed by atoms with E-state index in [9.17, 15) is 0 Å². The maximum absolute atomic E-state index is 8.78. The summed E-state index contributed by atoms with van der Waals surface area (Å²) in [4.78, 5) is 7.36. The summed E-state index contributed by atoms with van der Waals surface area (Å²) in [5.74, 6) is 0.0544. The van der Waals surface area contributed by atoms with Crippen LogP contribution in [0.25, 0.3) is 4.98 Å². The monoisotopic (exact) mass is 248 g/mol. The van der Waals surface area contributed by atoms with Gasteiger partial charge >= 0.3 is 6.54 Å². The van der Waals surface area contributed by atoms with E-state index in [0.717, 1.165) is 11.3 Å². The maximum atomic E-state index is 8.78. The van der Waals surface area contributed by atoms with Crippen LogP contribution in [0.4, 0.5) is 0 Å². The van der Waals surface area contributed by atoms with Crippen molar-refractivity contribution in [1.82, 2.24) is 9.55 Å². The molecule has 88 valence electrons. The highest BCUT2D eigenvalue weighted by atomic mass is 35.5. The first kappa shape index (κ1) is 13.2. The van der Waals surface area contributed by atoms with E-state index in [1.807, 2.05) is 48.1 Å². The van der Waals surface area contributed by atoms with Crippen molar-refractivity contribution in [3.8, 4) is 0 Å². The molecule has 0 radical (unpaired) electrons. The average molecular weight is 249 g/mol. The van der Waals surface area contributed by atoms with E-state index in [0.29, 0.717) is 6.54 Å². The third kappa shape index (κ3) is 2.83. The highest BCUT2D eigenvalue weighted by Crippen LogP contribution is 2.24. The Morgan fingerprint density at radius 2 is 2.06 bits per heavy atom. The van der Waals surface area contributed by atoms with Gasteiger partial charge in [0.05, 0.1) is 12.0 Å². The highest BCUT2D eigenvalue weighted by molar-refractivity contribution is 5.29. The number of rotatable bonds is 3. The van der Waals surface area contributed by atoms with Crippen LogP contribution in [-0.4, -0.2) is 16.1 Å². The quantitative estimate of drug-likeness (QED) is 0.682. The Morgan fingerprint density at radius 3 is 2.59 bits per heavy atom. The van der Waals surface area contributed by atoms with E-state index in [-0.39, 0.29) is 18.3 Å². The number of halogens is 1. The number of benzene rings is 1. The normalized spacial score (nSPS) is 11.3. The van der Waals surface area contributed by atoms with Crippen LogP contribution in [0.2, 0.25) is 0 Å². The van der Waals surface area contributed by atoms with Crippen LogP contribution in [0.1, 0.15) is 17.2 Å². The summed E-state index contributed by atoms with van der Waals surface area (Å²) >= 11 is 0. The van der Waals surface area contributed by atoms with E-state index in [1.165, 1.54) is 0 Å². The summed E-state index contributed by atoms with van der Waals surface area (Å²) in [7, 11) is 1.94. The molecule has 0 aliphatic heterocycles. The standard InChI is InChI=1S/C12H13N4.ClH/c1-16-9-14-8-12(16)11(7-15-13)10-5-3-2-4-6-10;/h2-6,8-9,11H,7H2,1H3;1H/q+1;/p-1. The summed E-state index contributed by atoms with van der Waals surface area (Å²) in [6.07, 6.45) is 3.56. The Labute approximate surface area is 106 Å². The summed E-state index contributed by atoms with van der Waals surface area (Å²) in [5, 5.41) is 8.78. The molecule has 1 heterocycles. The van der Waals surface area contributed by atoms with Gasteiger partial charge in [-0.15, -0.1) is 0 Å². The lowest BCUT2D eigenvalue weighted by atomic mass is 9.96. The number of nitrogens with zero attached hydrogens (tertiary/aromatic N) is 4. The minimum atomic E-state index is 0. The topological polar surface area (TPSA) is 46.0 Å². The van der Waals surface area contributed by atoms with Gasteiger partial charge in [0.1, 0.15) is 10.9 Å². The molecule has 0 aliphatic carbocycles. The van der Waals surface area contributed by atoms with Gasteiger partial charge in [-0.05, 0) is 5.56 Å². The summed E-state index contributed by atoms with van der Waals surface area (Å²) in [6, 6.07) is 10.00. The van der Waals surface area contributed by atoms with Gasteiger partial charge in [0.25, 0.3) is 0 Å². The van der Waals surface area contributed by atoms with Crippen molar-refractivity contribution in [3.05, 3.63) is 59.1 Å². The van der Waals surface area contributed by atoms with Crippen LogP contribution < -0.4 is 12.4 Å². The molecule has 0 bridgehead atoms. The molecule has 5 heteroatoms. The van der Waals surface area contributed by atoms with E-state index >= 15 is 0 Å². The molecule has 0 fully saturated rings. The molecule has 1 atom stereocenters. The smallest absolute Gasteiger partial charge is 0.317 e. The second kappa shape index (κ2) is 6.02. The molecule has 2 rings (SSSR count). The minimum Gasteiger partial charge on any atom is -1.00 e. The first-order valence-corrected chi connectivity index (χ1v) is 5.15. The molecule has 0 amide bonds. The number of hydrogen-bond acceptors (Lipinski definition) is 2. The van der Waals surface area contributed by atoms with Crippen LogP contribution in [0.5, 0.6) is 0 Å². The van der Waals surface area contributed by atoms with Crippen LogP contribution in [0.15, 0.2) is 42.9 Å². The minimum absolute atomic E-state index is 0. The van der Waals surface area contributed by atoms with Crippen LogP contribution in [0, 0.1) is 5.39 Å². The number of hydrogen-bond donors (Lipinski definition) is 0. The zero-order valence-corrected chi connectivity index (χ0v) is 10.2. The lowest BCUT2D eigenvalue weighted by Crippen LogP contribution is -3.00. The van der Waals surface area contributed by atoms with Gasteiger partial charge < -0.3 is 17.0 Å². The first-order valence-electron chi connectivity index (χ1n) is 5.15. The number of aromatic nitrogens is 2. The second-order valence-electron chi connectivity index (χ2n) is 3.72. The van der Waals surface area contributed by atoms with E-state index in [2.05, 4.69) is 9.96 Å². The predicted molar refractivity (Wildman–Crippen MR) is 61.4 cm³/mol. The number of imidazole rings is 1. The Balaban J connectivity index is 0.00000144. The van der Waals surface area contributed by atoms with E-state index < -0.39 is 0 Å². The Morgan fingerprint density at radius 1 is 1.35 bits per heavy atom. The van der Waals surface area contributed by atoms with Crippen LogP contribution >= 0.6 is 0 Å². The molecule has 0 N–H and O–H groups in total. The van der Waals surface area contributed by atoms with Gasteiger partial charge in [-0.2, -0.15) is 0 Å². The van der Waals surface area contributed by atoms with Crippen molar-refractivity contribution < 1.29 is 12.4 Å². The fourth-order valence-corrected chi connectivity index (χ4v) is 1.84. The maximum Gasteiger partial charge on any atom is 0.317 e. The third-order valence-electron chi connectivity index (χ3n) is 2.68. The molecule has 1 unspecified atom stereocenters. The summed E-state index contributed by atoms with van der Waals surface area (Å²) in [6.45, 7) is 0.351. The molecule has 1 aromatic carbocycles. The van der Waals surface area contributed by atoms with Gasteiger partial charge in [-0.25, -0.2) is 4.98 Å². The Bertz CT molecular complexity index is 501. The number of diazo groups is 1. The predicted octanol–water partition coefficient (Wildman–Crippen LogP) is -0.591. The van der Waals surface area contributed by atoms with Crippen molar-refractivity contribution in [1.29, 1.82) is 5.39 Å². The molecule has 2 aromatic rings. The van der Waals surface area contributed by atoms with E-state index in [1.54, 1.807) is 6.33 Å².